The zero-order valence-corrected chi connectivity index (χ0v) is 16.3. The maximum atomic E-state index is 12.5. The van der Waals surface area contributed by atoms with Gasteiger partial charge in [0.25, 0.3) is 0 Å². The molecule has 0 aliphatic rings. The smallest absolute Gasteiger partial charge is 0.425 e. The van der Waals surface area contributed by atoms with Gasteiger partial charge in [-0.1, -0.05) is 0 Å². The number of aromatic nitrogens is 1. The molecule has 2 amide bonds. The third-order valence-electron chi connectivity index (χ3n) is 2.66. The van der Waals surface area contributed by atoms with Crippen molar-refractivity contribution < 1.29 is 23.9 Å². The van der Waals surface area contributed by atoms with E-state index in [9.17, 15) is 14.4 Å². The van der Waals surface area contributed by atoms with Gasteiger partial charge in [0.2, 0.25) is 0 Å². The molecular formula is C19H26N2O5. The molecule has 0 saturated carbocycles. The van der Waals surface area contributed by atoms with E-state index in [1.54, 1.807) is 53.7 Å². The molecule has 1 heterocycles. The molecule has 0 aliphatic heterocycles. The number of allylic oxidation sites excluding steroid dienone is 1. The highest BCUT2D eigenvalue weighted by atomic mass is 16.6. The Morgan fingerprint density at radius 1 is 0.962 bits per heavy atom. The van der Waals surface area contributed by atoms with Crippen LogP contribution in [0, 0.1) is 0 Å². The molecule has 0 spiro atoms. The fraction of sp³-hybridized carbons (Fsp3) is 0.474. The summed E-state index contributed by atoms with van der Waals surface area (Å²) in [5.41, 5.74) is -0.930. The van der Waals surface area contributed by atoms with E-state index in [2.05, 4.69) is 4.98 Å². The van der Waals surface area contributed by atoms with Crippen molar-refractivity contribution in [1.29, 1.82) is 0 Å². The van der Waals surface area contributed by atoms with Crippen LogP contribution >= 0.6 is 0 Å². The third kappa shape index (κ3) is 7.46. The summed E-state index contributed by atoms with van der Waals surface area (Å²) in [7, 11) is 0. The van der Waals surface area contributed by atoms with E-state index < -0.39 is 23.4 Å². The van der Waals surface area contributed by atoms with Gasteiger partial charge in [-0.05, 0) is 78.3 Å². The second-order valence-electron chi connectivity index (χ2n) is 7.69. The van der Waals surface area contributed by atoms with Gasteiger partial charge in [-0.3, -0.25) is 4.79 Å². The number of ether oxygens (including phenoxy) is 2. The number of rotatable bonds is 3. The molecule has 0 unspecified atom stereocenters. The van der Waals surface area contributed by atoms with Gasteiger partial charge in [0.1, 0.15) is 17.0 Å². The predicted molar refractivity (Wildman–Crippen MR) is 98.9 cm³/mol. The first-order valence-electron chi connectivity index (χ1n) is 8.19. The van der Waals surface area contributed by atoms with Crippen LogP contribution in [0.3, 0.4) is 0 Å². The lowest BCUT2D eigenvalue weighted by Gasteiger charge is -2.28. The molecule has 0 N–H and O–H groups in total. The lowest BCUT2D eigenvalue weighted by molar-refractivity contribution is -0.112. The summed E-state index contributed by atoms with van der Waals surface area (Å²) in [5, 5.41) is 0. The number of nitrogens with zero attached hydrogens (tertiary/aromatic N) is 2. The van der Waals surface area contributed by atoms with E-state index in [1.165, 1.54) is 25.3 Å². The Bertz CT molecular complexity index is 666. The van der Waals surface area contributed by atoms with Gasteiger partial charge in [-0.2, -0.15) is 4.90 Å². The van der Waals surface area contributed by atoms with Crippen LogP contribution in [0.5, 0.6) is 0 Å². The van der Waals surface area contributed by atoms with Crippen LogP contribution < -0.4 is 4.90 Å². The second-order valence-corrected chi connectivity index (χ2v) is 7.69. The summed E-state index contributed by atoms with van der Waals surface area (Å²) in [6.07, 6.45) is 2.66. The van der Waals surface area contributed by atoms with Crippen molar-refractivity contribution in [1.82, 2.24) is 4.98 Å². The molecule has 142 valence electrons. The minimum absolute atomic E-state index is 0.0634. The molecule has 26 heavy (non-hydrogen) atoms. The average Bonchev–Trinajstić information content (AvgIpc) is 2.42. The molecule has 0 aliphatic carbocycles. The maximum Gasteiger partial charge on any atom is 0.425 e. The van der Waals surface area contributed by atoms with Gasteiger partial charge in [-0.15, -0.1) is 0 Å². The molecule has 0 fully saturated rings. The largest absolute Gasteiger partial charge is 0.443 e. The first-order valence-corrected chi connectivity index (χ1v) is 8.19. The molecule has 0 saturated heterocycles. The van der Waals surface area contributed by atoms with Crippen molar-refractivity contribution in [2.75, 3.05) is 4.90 Å². The summed E-state index contributed by atoms with van der Waals surface area (Å²) < 4.78 is 10.6. The van der Waals surface area contributed by atoms with Crippen LogP contribution in [0.25, 0.3) is 6.08 Å². The second kappa shape index (κ2) is 8.12. The van der Waals surface area contributed by atoms with Crippen LogP contribution in [-0.2, 0) is 14.3 Å². The highest BCUT2D eigenvalue weighted by Gasteiger charge is 2.33. The number of amides is 2. The summed E-state index contributed by atoms with van der Waals surface area (Å²) >= 11 is 0. The maximum absolute atomic E-state index is 12.5. The Labute approximate surface area is 154 Å². The molecule has 1 aromatic heterocycles. The van der Waals surface area contributed by atoms with Gasteiger partial charge < -0.3 is 9.47 Å². The lowest BCUT2D eigenvalue weighted by Crippen LogP contribution is -2.44. The average molecular weight is 362 g/mol. The monoisotopic (exact) mass is 362 g/mol. The minimum atomic E-state index is -0.883. The fourth-order valence-electron chi connectivity index (χ4n) is 1.72. The van der Waals surface area contributed by atoms with Gasteiger partial charge in [-0.25, -0.2) is 14.6 Å². The Balaban J connectivity index is 3.17. The van der Waals surface area contributed by atoms with Crippen LogP contribution in [0.4, 0.5) is 15.4 Å². The van der Waals surface area contributed by atoms with Crippen LogP contribution in [0.1, 0.15) is 54.0 Å². The minimum Gasteiger partial charge on any atom is -0.443 e. The standard InChI is InChI=1S/C19H26N2O5/c1-13(22)8-9-14-10-11-15(20-12-14)21(16(23)25-18(2,3)4)17(24)26-19(5,6)7/h8-12H,1-7H3/b9-8+. The topological polar surface area (TPSA) is 85.8 Å². The Kier molecular flexibility index (Phi) is 6.66. The summed E-state index contributed by atoms with van der Waals surface area (Å²) in [4.78, 5) is 40.8. The van der Waals surface area contributed by atoms with Crippen molar-refractivity contribution in [3.8, 4) is 0 Å². The lowest BCUT2D eigenvalue weighted by atomic mass is 10.2. The number of hydrogen-bond acceptors (Lipinski definition) is 6. The summed E-state index contributed by atoms with van der Waals surface area (Å²) in [6, 6.07) is 3.11. The first-order chi connectivity index (χ1) is 11.8. The van der Waals surface area contributed by atoms with Gasteiger partial charge in [0.05, 0.1) is 0 Å². The highest BCUT2D eigenvalue weighted by Crippen LogP contribution is 2.20. The molecule has 7 nitrogen and oxygen atoms in total. The molecule has 1 aromatic rings. The number of ketones is 1. The first kappa shape index (κ1) is 21.3. The number of imide groups is 1. The molecule has 0 bridgehead atoms. The number of carbonyl (C=O) groups excluding carboxylic acids is 3. The van der Waals surface area contributed by atoms with E-state index in [0.717, 1.165) is 4.90 Å². The zero-order valence-electron chi connectivity index (χ0n) is 16.3. The SMILES string of the molecule is CC(=O)/C=C/c1ccc(N(C(=O)OC(C)(C)C)C(=O)OC(C)(C)C)nc1. The van der Waals surface area contributed by atoms with E-state index in [1.807, 2.05) is 0 Å². The van der Waals surface area contributed by atoms with Gasteiger partial charge in [0.15, 0.2) is 5.78 Å². The number of pyridine rings is 1. The normalized spacial score (nSPS) is 12.0. The van der Waals surface area contributed by atoms with Crippen molar-refractivity contribution in [2.24, 2.45) is 0 Å². The molecule has 0 radical (unpaired) electrons. The van der Waals surface area contributed by atoms with Crippen molar-refractivity contribution in [2.45, 2.75) is 59.7 Å². The van der Waals surface area contributed by atoms with Crippen LogP contribution in [-0.4, -0.2) is 34.2 Å². The van der Waals surface area contributed by atoms with E-state index in [-0.39, 0.29) is 11.6 Å². The Hall–Kier alpha value is -2.70. The van der Waals surface area contributed by atoms with Crippen molar-refractivity contribution in [3.05, 3.63) is 30.0 Å². The zero-order chi connectivity index (χ0) is 20.1. The fourth-order valence-corrected chi connectivity index (χ4v) is 1.72. The predicted octanol–water partition coefficient (Wildman–Crippen LogP) is 4.36. The van der Waals surface area contributed by atoms with Crippen LogP contribution in [0.15, 0.2) is 24.4 Å². The molecular weight excluding hydrogens is 336 g/mol. The van der Waals surface area contributed by atoms with Crippen LogP contribution in [0.2, 0.25) is 0 Å². The van der Waals surface area contributed by atoms with E-state index >= 15 is 0 Å². The number of carbonyl (C=O) groups is 3. The highest BCUT2D eigenvalue weighted by molar-refractivity contribution is 6.08. The van der Waals surface area contributed by atoms with Gasteiger partial charge in [0, 0.05) is 6.20 Å². The Morgan fingerprint density at radius 3 is 1.81 bits per heavy atom. The summed E-state index contributed by atoms with van der Waals surface area (Å²) in [5.74, 6) is -0.0355. The quantitative estimate of drug-likeness (QED) is 0.743. The molecule has 0 aromatic carbocycles. The molecule has 0 atom stereocenters. The third-order valence-corrected chi connectivity index (χ3v) is 2.66. The Morgan fingerprint density at radius 2 is 1.46 bits per heavy atom. The van der Waals surface area contributed by atoms with Gasteiger partial charge >= 0.3 is 12.2 Å². The number of anilines is 1. The van der Waals surface area contributed by atoms with E-state index in [0.29, 0.717) is 5.56 Å². The molecule has 1 rings (SSSR count). The van der Waals surface area contributed by atoms with Crippen molar-refractivity contribution in [3.63, 3.8) is 0 Å². The number of hydrogen-bond donors (Lipinski definition) is 0. The van der Waals surface area contributed by atoms with Crippen molar-refractivity contribution >= 4 is 29.9 Å². The van der Waals surface area contributed by atoms with E-state index in [4.69, 9.17) is 9.47 Å². The summed E-state index contributed by atoms with van der Waals surface area (Å²) in [6.45, 7) is 11.6. The molecule has 7 heteroatoms.